The first-order valence-corrected chi connectivity index (χ1v) is 8.95. The van der Waals surface area contributed by atoms with Crippen molar-refractivity contribution in [3.63, 3.8) is 0 Å². The normalized spacial score (nSPS) is 12.3. The van der Waals surface area contributed by atoms with E-state index in [0.29, 0.717) is 0 Å². The van der Waals surface area contributed by atoms with Gasteiger partial charge in [0.1, 0.15) is 0 Å². The van der Waals surface area contributed by atoms with Gasteiger partial charge in [0, 0.05) is 7.05 Å². The number of rotatable bonds is 1. The molecule has 0 amide bonds. The number of fused-ring (bicyclic) bond motifs is 1. The molecule has 0 atom stereocenters. The van der Waals surface area contributed by atoms with Crippen LogP contribution in [0.25, 0.3) is 11.0 Å². The van der Waals surface area contributed by atoms with Crippen LogP contribution in [0.5, 0.6) is 0 Å². The Hall–Kier alpha value is -0.873. The number of hydrogen-bond acceptors (Lipinski definition) is 1. The van der Waals surface area contributed by atoms with Gasteiger partial charge < -0.3 is 8.80 Å². The Kier molecular flexibility index (Phi) is 2.35. The molecular weight excluding hydrogens is 220 g/mol. The zero-order valence-electron chi connectivity index (χ0n) is 9.61. The molecule has 2 nitrogen and oxygen atoms in total. The van der Waals surface area contributed by atoms with Crippen LogP contribution in [0.2, 0.25) is 19.6 Å². The van der Waals surface area contributed by atoms with E-state index in [0.717, 1.165) is 4.77 Å². The van der Waals surface area contributed by atoms with Gasteiger partial charge in [-0.25, -0.2) is 0 Å². The smallest absolute Gasteiger partial charge is 0.172 e. The highest BCUT2D eigenvalue weighted by Gasteiger charge is 2.21. The second kappa shape index (κ2) is 3.32. The summed E-state index contributed by atoms with van der Waals surface area (Å²) in [5.41, 5.74) is 2.49. The lowest BCUT2D eigenvalue weighted by Gasteiger charge is -2.19. The summed E-state index contributed by atoms with van der Waals surface area (Å²) in [6.45, 7) is 6.94. The number of imidazole rings is 1. The van der Waals surface area contributed by atoms with Crippen molar-refractivity contribution in [2.24, 2.45) is 7.05 Å². The van der Waals surface area contributed by atoms with E-state index in [1.807, 2.05) is 7.05 Å². The van der Waals surface area contributed by atoms with Gasteiger partial charge in [-0.1, -0.05) is 31.8 Å². The van der Waals surface area contributed by atoms with Gasteiger partial charge in [-0.05, 0) is 24.4 Å². The summed E-state index contributed by atoms with van der Waals surface area (Å²) >= 11 is 5.50. The van der Waals surface area contributed by atoms with E-state index in [2.05, 4.69) is 52.7 Å². The Morgan fingerprint density at radius 2 is 1.60 bits per heavy atom. The fourth-order valence-corrected chi connectivity index (χ4v) is 4.60. The van der Waals surface area contributed by atoms with Crippen molar-refractivity contribution in [2.75, 3.05) is 0 Å². The third-order valence-corrected chi connectivity index (χ3v) is 5.05. The van der Waals surface area contributed by atoms with Crippen LogP contribution in [-0.2, 0) is 7.05 Å². The number of nitrogens with zero attached hydrogens (tertiary/aromatic N) is 2. The minimum absolute atomic E-state index is 0.940. The predicted molar refractivity (Wildman–Crippen MR) is 70.5 cm³/mol. The van der Waals surface area contributed by atoms with E-state index in [1.165, 1.54) is 11.0 Å². The Balaban J connectivity index is 2.97. The summed E-state index contributed by atoms with van der Waals surface area (Å²) in [5, 5.41) is 0. The minimum Gasteiger partial charge on any atom is -0.345 e. The van der Waals surface area contributed by atoms with Crippen LogP contribution in [0.4, 0.5) is 0 Å². The quantitative estimate of drug-likeness (QED) is 0.545. The highest BCUT2D eigenvalue weighted by Crippen LogP contribution is 2.20. The molecule has 0 aliphatic carbocycles. The molecule has 0 spiro atoms. The highest BCUT2D eigenvalue weighted by atomic mass is 32.1. The molecule has 0 radical (unpaired) electrons. The molecule has 0 bridgehead atoms. The Morgan fingerprint density at radius 3 is 2.13 bits per heavy atom. The van der Waals surface area contributed by atoms with Gasteiger partial charge in [-0.15, -0.1) is 0 Å². The van der Waals surface area contributed by atoms with Crippen LogP contribution in [0.3, 0.4) is 0 Å². The summed E-state index contributed by atoms with van der Waals surface area (Å²) in [4.78, 5) is 0. The molecular formula is C11H16N2SSi. The molecule has 0 saturated heterocycles. The molecule has 0 fully saturated rings. The van der Waals surface area contributed by atoms with Crippen LogP contribution in [0, 0.1) is 4.77 Å². The monoisotopic (exact) mass is 236 g/mol. The van der Waals surface area contributed by atoms with E-state index in [-0.39, 0.29) is 0 Å². The first kappa shape index (κ1) is 10.6. The molecule has 0 saturated carbocycles. The molecule has 80 valence electrons. The molecule has 2 aromatic rings. The minimum atomic E-state index is -1.43. The molecule has 0 N–H and O–H groups in total. The Morgan fingerprint density at radius 1 is 1.07 bits per heavy atom. The first-order chi connectivity index (χ1) is 6.93. The zero-order valence-corrected chi connectivity index (χ0v) is 11.4. The fraction of sp³-hybridized carbons (Fsp3) is 0.364. The van der Waals surface area contributed by atoms with Gasteiger partial charge in [0.25, 0.3) is 0 Å². The van der Waals surface area contributed by atoms with Crippen molar-refractivity contribution in [1.82, 2.24) is 8.80 Å². The second-order valence-electron chi connectivity index (χ2n) is 4.84. The summed E-state index contributed by atoms with van der Waals surface area (Å²) < 4.78 is 5.39. The van der Waals surface area contributed by atoms with Crippen LogP contribution in [-0.4, -0.2) is 17.0 Å². The number of aryl methyl sites for hydroxylation is 1. The van der Waals surface area contributed by atoms with Crippen molar-refractivity contribution >= 4 is 31.5 Å². The number of hydrogen-bond donors (Lipinski definition) is 0. The zero-order chi connectivity index (χ0) is 11.2. The predicted octanol–water partition coefficient (Wildman–Crippen LogP) is 3.39. The maximum absolute atomic E-state index is 5.50. The molecule has 0 aliphatic heterocycles. The van der Waals surface area contributed by atoms with Crippen molar-refractivity contribution in [2.45, 2.75) is 19.6 Å². The van der Waals surface area contributed by atoms with Crippen molar-refractivity contribution in [1.29, 1.82) is 0 Å². The molecule has 1 aromatic carbocycles. The van der Waals surface area contributed by atoms with Gasteiger partial charge in [0.2, 0.25) is 0 Å². The lowest BCUT2D eigenvalue weighted by Crippen LogP contribution is -2.32. The summed E-state index contributed by atoms with van der Waals surface area (Å²) in [6.07, 6.45) is 0. The average Bonchev–Trinajstić information content (AvgIpc) is 2.39. The molecule has 15 heavy (non-hydrogen) atoms. The standard InChI is InChI=1S/C11H16N2SSi/c1-12-9-7-5-6-8-10(9)13(11(12)14)15(2,3)4/h5-8H,1-4H3. The van der Waals surface area contributed by atoms with Gasteiger partial charge in [-0.3, -0.25) is 0 Å². The van der Waals surface area contributed by atoms with Gasteiger partial charge in [0.15, 0.2) is 13.0 Å². The SMILES string of the molecule is Cn1c(=S)n([Si](C)(C)C)c2ccccc21. The molecule has 1 heterocycles. The first-order valence-electron chi connectivity index (χ1n) is 5.10. The molecule has 4 heteroatoms. The molecule has 0 aliphatic rings. The number of benzene rings is 1. The Bertz CT molecular complexity index is 560. The topological polar surface area (TPSA) is 9.86 Å². The fourth-order valence-electron chi connectivity index (χ4n) is 1.94. The van der Waals surface area contributed by atoms with Crippen LogP contribution >= 0.6 is 12.2 Å². The van der Waals surface area contributed by atoms with E-state index < -0.39 is 8.24 Å². The third-order valence-electron chi connectivity index (χ3n) is 2.63. The van der Waals surface area contributed by atoms with E-state index in [1.54, 1.807) is 0 Å². The van der Waals surface area contributed by atoms with Crippen molar-refractivity contribution < 1.29 is 0 Å². The van der Waals surface area contributed by atoms with E-state index in [4.69, 9.17) is 12.2 Å². The largest absolute Gasteiger partial charge is 0.345 e. The van der Waals surface area contributed by atoms with Crippen molar-refractivity contribution in [3.8, 4) is 0 Å². The summed E-state index contributed by atoms with van der Waals surface area (Å²) in [5.74, 6) is 0. The third kappa shape index (κ3) is 1.57. The van der Waals surface area contributed by atoms with Gasteiger partial charge in [-0.2, -0.15) is 0 Å². The van der Waals surface area contributed by atoms with Gasteiger partial charge >= 0.3 is 0 Å². The Labute approximate surface area is 96.2 Å². The van der Waals surface area contributed by atoms with Crippen LogP contribution in [0.15, 0.2) is 24.3 Å². The lowest BCUT2D eigenvalue weighted by atomic mass is 10.3. The van der Waals surface area contributed by atoms with Gasteiger partial charge in [0.05, 0.1) is 11.0 Å². The van der Waals surface area contributed by atoms with Crippen LogP contribution in [0.1, 0.15) is 0 Å². The number of para-hydroxylation sites is 2. The maximum atomic E-state index is 5.50. The highest BCUT2D eigenvalue weighted by molar-refractivity contribution is 7.71. The van der Waals surface area contributed by atoms with Crippen LogP contribution < -0.4 is 0 Å². The van der Waals surface area contributed by atoms with Crippen molar-refractivity contribution in [3.05, 3.63) is 29.0 Å². The number of aromatic nitrogens is 2. The molecule has 2 rings (SSSR count). The maximum Gasteiger partial charge on any atom is 0.172 e. The average molecular weight is 236 g/mol. The molecule has 1 aromatic heterocycles. The molecule has 0 unspecified atom stereocenters. The second-order valence-corrected chi connectivity index (χ2v) is 9.99. The summed E-state index contributed by atoms with van der Waals surface area (Å²) in [7, 11) is 0.613. The lowest BCUT2D eigenvalue weighted by molar-refractivity contribution is 0.901. The van der Waals surface area contributed by atoms with E-state index >= 15 is 0 Å². The summed E-state index contributed by atoms with van der Waals surface area (Å²) in [6, 6.07) is 8.42. The van der Waals surface area contributed by atoms with E-state index in [9.17, 15) is 0 Å².